The highest BCUT2D eigenvalue weighted by atomic mass is 32.2. The molecule has 1 saturated heterocycles. The molecule has 0 radical (unpaired) electrons. The van der Waals surface area contributed by atoms with Crippen LogP contribution in [-0.2, 0) is 15.3 Å². The Kier molecular flexibility index (Phi) is 6.93. The first-order chi connectivity index (χ1) is 17.7. The lowest BCUT2D eigenvalue weighted by Gasteiger charge is -2.49. The van der Waals surface area contributed by atoms with Crippen LogP contribution in [0.5, 0.6) is 11.5 Å². The molecule has 5 rings (SSSR count). The molecule has 3 N–H and O–H groups in total. The van der Waals surface area contributed by atoms with E-state index in [1.165, 1.54) is 17.8 Å². The number of thioether (sulfide) groups is 1. The third-order valence-corrected chi connectivity index (χ3v) is 8.38. The predicted molar refractivity (Wildman–Crippen MR) is 141 cm³/mol. The first-order valence-corrected chi connectivity index (χ1v) is 13.4. The van der Waals surface area contributed by atoms with Gasteiger partial charge in [0, 0.05) is 34.9 Å². The van der Waals surface area contributed by atoms with E-state index in [9.17, 15) is 14.0 Å². The van der Waals surface area contributed by atoms with Crippen LogP contribution in [0.15, 0.2) is 53.7 Å². The zero-order valence-corrected chi connectivity index (χ0v) is 22.2. The Morgan fingerprint density at radius 2 is 1.81 bits per heavy atom. The third kappa shape index (κ3) is 4.82. The second-order valence-corrected chi connectivity index (χ2v) is 11.6. The molecule has 0 aromatic heterocycles. The minimum atomic E-state index is -0.602. The van der Waals surface area contributed by atoms with Gasteiger partial charge in [0.25, 0.3) is 0 Å². The maximum Gasteiger partial charge on any atom is 0.229 e. The van der Waals surface area contributed by atoms with Crippen molar-refractivity contribution in [1.29, 1.82) is 0 Å². The van der Waals surface area contributed by atoms with Gasteiger partial charge in [-0.2, -0.15) is 0 Å². The fourth-order valence-corrected chi connectivity index (χ4v) is 6.76. The zero-order chi connectivity index (χ0) is 26.3. The molecule has 9 heteroatoms. The summed E-state index contributed by atoms with van der Waals surface area (Å²) in [5, 5.41) is 10.0. The van der Waals surface area contributed by atoms with Gasteiger partial charge in [0.05, 0.1) is 26.3 Å². The van der Waals surface area contributed by atoms with E-state index in [1.807, 2.05) is 12.1 Å². The van der Waals surface area contributed by atoms with Crippen molar-refractivity contribution in [2.75, 3.05) is 14.2 Å². The van der Waals surface area contributed by atoms with Crippen LogP contribution in [0.25, 0.3) is 0 Å². The highest BCUT2D eigenvalue weighted by Crippen LogP contribution is 2.50. The van der Waals surface area contributed by atoms with E-state index in [2.05, 4.69) is 29.8 Å². The Balaban J connectivity index is 1.52. The van der Waals surface area contributed by atoms with Crippen LogP contribution in [0.3, 0.4) is 0 Å². The molecule has 1 amide bonds. The van der Waals surface area contributed by atoms with Gasteiger partial charge in [-0.05, 0) is 29.5 Å². The van der Waals surface area contributed by atoms with E-state index < -0.39 is 23.5 Å². The van der Waals surface area contributed by atoms with Crippen molar-refractivity contribution in [2.24, 2.45) is 11.3 Å². The number of ketones is 1. The van der Waals surface area contributed by atoms with Gasteiger partial charge in [0.1, 0.15) is 11.3 Å². The number of para-hydroxylation sites is 1. The van der Waals surface area contributed by atoms with Crippen LogP contribution >= 0.6 is 11.8 Å². The van der Waals surface area contributed by atoms with Gasteiger partial charge in [0.2, 0.25) is 5.91 Å². The SMILES string of the molecule is COc1cccc(C2C3=C(CC(C)(C)CC3=O)NC3NC(SCc4ccccc4F)NC(=O)C32)c1OC. The van der Waals surface area contributed by atoms with Crippen molar-refractivity contribution < 1.29 is 23.5 Å². The molecule has 7 nitrogen and oxygen atoms in total. The Labute approximate surface area is 220 Å². The molecule has 1 fully saturated rings. The molecular formula is C28H32FN3O4S. The van der Waals surface area contributed by atoms with Crippen LogP contribution in [0.1, 0.15) is 43.7 Å². The number of Topliss-reactive ketones (excluding diaryl/α,β-unsaturated/α-hetero) is 1. The van der Waals surface area contributed by atoms with Gasteiger partial charge in [-0.15, -0.1) is 11.8 Å². The summed E-state index contributed by atoms with van der Waals surface area (Å²) in [5.74, 6) is -0.0670. The van der Waals surface area contributed by atoms with Crippen molar-refractivity contribution in [3.8, 4) is 11.5 Å². The van der Waals surface area contributed by atoms with E-state index in [4.69, 9.17) is 9.47 Å². The van der Waals surface area contributed by atoms with Gasteiger partial charge in [-0.1, -0.05) is 44.2 Å². The fraction of sp³-hybridized carbons (Fsp3) is 0.429. The van der Waals surface area contributed by atoms with Crippen LogP contribution in [-0.4, -0.2) is 37.6 Å². The Morgan fingerprint density at radius 3 is 2.54 bits per heavy atom. The summed E-state index contributed by atoms with van der Waals surface area (Å²) < 4.78 is 25.4. The lowest BCUT2D eigenvalue weighted by Crippen LogP contribution is -2.68. The number of halogens is 1. The highest BCUT2D eigenvalue weighted by Gasteiger charge is 2.51. The van der Waals surface area contributed by atoms with Gasteiger partial charge in [0.15, 0.2) is 17.3 Å². The monoisotopic (exact) mass is 525 g/mol. The summed E-state index contributed by atoms with van der Waals surface area (Å²) in [6.07, 6.45) is 0.675. The summed E-state index contributed by atoms with van der Waals surface area (Å²) in [7, 11) is 3.13. The average Bonchev–Trinajstić information content (AvgIpc) is 2.85. The van der Waals surface area contributed by atoms with Crippen LogP contribution in [0.4, 0.5) is 4.39 Å². The van der Waals surface area contributed by atoms with Crippen molar-refractivity contribution in [3.63, 3.8) is 0 Å². The number of hydrogen-bond acceptors (Lipinski definition) is 7. The molecule has 0 bridgehead atoms. The molecule has 3 aliphatic rings. The summed E-state index contributed by atoms with van der Waals surface area (Å²) in [4.78, 5) is 27.2. The topological polar surface area (TPSA) is 88.7 Å². The largest absolute Gasteiger partial charge is 0.493 e. The normalized spacial score (nSPS) is 26.5. The molecule has 2 aromatic carbocycles. The minimum Gasteiger partial charge on any atom is -0.493 e. The lowest BCUT2D eigenvalue weighted by atomic mass is 9.66. The molecule has 2 aliphatic heterocycles. The average molecular weight is 526 g/mol. The molecular weight excluding hydrogens is 493 g/mol. The summed E-state index contributed by atoms with van der Waals surface area (Å²) in [6.45, 7) is 4.16. The predicted octanol–water partition coefficient (Wildman–Crippen LogP) is 4.05. The number of methoxy groups -OCH3 is 2. The Hall–Kier alpha value is -3.04. The molecule has 0 saturated carbocycles. The molecule has 37 heavy (non-hydrogen) atoms. The number of rotatable bonds is 6. The second-order valence-electron chi connectivity index (χ2n) is 10.5. The highest BCUT2D eigenvalue weighted by molar-refractivity contribution is 7.99. The van der Waals surface area contributed by atoms with Crippen molar-refractivity contribution in [1.82, 2.24) is 16.0 Å². The molecule has 2 heterocycles. The van der Waals surface area contributed by atoms with E-state index in [0.717, 1.165) is 11.3 Å². The number of carbonyl (C=O) groups is 2. The molecule has 1 aliphatic carbocycles. The van der Waals surface area contributed by atoms with Crippen LogP contribution in [0.2, 0.25) is 0 Å². The summed E-state index contributed by atoms with van der Waals surface area (Å²) in [6, 6.07) is 12.2. The second kappa shape index (κ2) is 10.0. The quantitative estimate of drug-likeness (QED) is 0.524. The molecule has 0 spiro atoms. The standard InChI is InChI=1S/C28H32FN3O4S/c1-28(2)12-18-22(19(33)13-28)21(16-9-7-11-20(35-3)24(16)36-4)23-25(30-18)31-27(32-26(23)34)37-14-15-8-5-6-10-17(15)29/h5-11,21,23,25,27,30-31H,12-14H2,1-4H3,(H,32,34). The third-order valence-electron chi connectivity index (χ3n) is 7.32. The first-order valence-electron chi connectivity index (χ1n) is 12.4. The maximum absolute atomic E-state index is 14.2. The zero-order valence-electron chi connectivity index (χ0n) is 21.4. The number of amides is 1. The lowest BCUT2D eigenvalue weighted by molar-refractivity contribution is -0.130. The van der Waals surface area contributed by atoms with Crippen molar-refractivity contribution in [2.45, 2.75) is 50.0 Å². The molecule has 4 atom stereocenters. The van der Waals surface area contributed by atoms with Gasteiger partial charge < -0.3 is 20.1 Å². The molecule has 4 unspecified atom stereocenters. The molecule has 2 aromatic rings. The van der Waals surface area contributed by atoms with E-state index >= 15 is 0 Å². The number of ether oxygens (including phenoxy) is 2. The number of allylic oxidation sites excluding steroid dienone is 2. The van der Waals surface area contributed by atoms with Crippen molar-refractivity contribution in [3.05, 3.63) is 70.7 Å². The number of hydrogen-bond donors (Lipinski definition) is 3. The summed E-state index contributed by atoms with van der Waals surface area (Å²) in [5.41, 5.74) is 2.19. The first kappa shape index (κ1) is 25.6. The van der Waals surface area contributed by atoms with E-state index in [-0.39, 0.29) is 22.9 Å². The number of carbonyl (C=O) groups excluding carboxylic acids is 2. The molecule has 196 valence electrons. The number of benzene rings is 2. The van der Waals surface area contributed by atoms with E-state index in [1.54, 1.807) is 38.5 Å². The fourth-order valence-electron chi connectivity index (χ4n) is 5.74. The van der Waals surface area contributed by atoms with E-state index in [0.29, 0.717) is 41.2 Å². The maximum atomic E-state index is 14.2. The van der Waals surface area contributed by atoms with Gasteiger partial charge >= 0.3 is 0 Å². The Morgan fingerprint density at radius 1 is 1.03 bits per heavy atom. The minimum absolute atomic E-state index is 0.0379. The van der Waals surface area contributed by atoms with Crippen molar-refractivity contribution >= 4 is 23.5 Å². The van der Waals surface area contributed by atoms with Gasteiger partial charge in [-0.3, -0.25) is 14.9 Å². The number of nitrogens with one attached hydrogen (secondary N) is 3. The smallest absolute Gasteiger partial charge is 0.229 e. The van der Waals surface area contributed by atoms with Crippen LogP contribution < -0.4 is 25.4 Å². The van der Waals surface area contributed by atoms with Crippen LogP contribution in [0, 0.1) is 17.2 Å². The Bertz CT molecular complexity index is 1260. The van der Waals surface area contributed by atoms with Gasteiger partial charge in [-0.25, -0.2) is 4.39 Å². The summed E-state index contributed by atoms with van der Waals surface area (Å²) >= 11 is 1.41. The number of fused-ring (bicyclic) bond motifs is 1.